The third kappa shape index (κ3) is 5.01. The van der Waals surface area contributed by atoms with Crippen LogP contribution in [-0.4, -0.2) is 90.3 Å². The van der Waals surface area contributed by atoms with Crippen molar-refractivity contribution in [2.24, 2.45) is 5.16 Å². The third-order valence-corrected chi connectivity index (χ3v) is 8.56. The van der Waals surface area contributed by atoms with Gasteiger partial charge in [0, 0.05) is 35.3 Å². The highest BCUT2D eigenvalue weighted by molar-refractivity contribution is 8.00. The van der Waals surface area contributed by atoms with Gasteiger partial charge in [-0.25, -0.2) is 4.57 Å². The number of aromatic nitrogens is 5. The van der Waals surface area contributed by atoms with E-state index in [0.717, 1.165) is 16.4 Å². The number of carboxylic acid groups (broad SMARTS) is 1. The number of hydrogen-bond acceptors (Lipinski definition) is 14. The van der Waals surface area contributed by atoms with E-state index in [1.807, 2.05) is 0 Å². The summed E-state index contributed by atoms with van der Waals surface area (Å²) in [5, 5.41) is 25.0. The number of rotatable bonds is 10. The zero-order valence-electron chi connectivity index (χ0n) is 21.5. The van der Waals surface area contributed by atoms with Crippen LogP contribution in [0.5, 0.6) is 0 Å². The first kappa shape index (κ1) is 27.5. The van der Waals surface area contributed by atoms with Gasteiger partial charge in [0.2, 0.25) is 17.9 Å². The molecule has 0 aromatic carbocycles. The third-order valence-electron chi connectivity index (χ3n) is 6.68. The van der Waals surface area contributed by atoms with Crippen molar-refractivity contribution in [1.82, 2.24) is 29.2 Å². The number of aliphatic carboxylic acids is 1. The lowest BCUT2D eigenvalue weighted by molar-refractivity contribution is -0.662. The molecule has 19 heteroatoms. The minimum atomic E-state index is -1.53. The Hall–Kier alpha value is -4.62. The number of nitrogens with two attached hydrogens (primary N) is 1. The van der Waals surface area contributed by atoms with Crippen LogP contribution in [0.15, 0.2) is 41.0 Å². The summed E-state index contributed by atoms with van der Waals surface area (Å²) in [5.41, 5.74) is 6.12. The fourth-order valence-electron chi connectivity index (χ4n) is 4.77. The lowest BCUT2D eigenvalue weighted by atomic mass is 10.0. The molecule has 218 valence electrons. The Morgan fingerprint density at radius 3 is 2.98 bits per heavy atom. The van der Waals surface area contributed by atoms with Crippen molar-refractivity contribution in [3.63, 3.8) is 0 Å². The van der Waals surface area contributed by atoms with Gasteiger partial charge < -0.3 is 30.5 Å². The van der Waals surface area contributed by atoms with Gasteiger partial charge in [-0.3, -0.25) is 24.6 Å². The maximum atomic E-state index is 13.2. The number of imidazole rings is 1. The zero-order valence-corrected chi connectivity index (χ0v) is 23.2. The van der Waals surface area contributed by atoms with Crippen LogP contribution >= 0.6 is 23.3 Å². The number of amides is 3. The fourth-order valence-corrected chi connectivity index (χ4v) is 6.54. The molecule has 4 N–H and O–H groups in total. The Balaban J connectivity index is 1.23. The highest BCUT2D eigenvalue weighted by Crippen LogP contribution is 2.40. The minimum absolute atomic E-state index is 0.0683. The summed E-state index contributed by atoms with van der Waals surface area (Å²) in [6.45, 7) is 0.886. The smallest absolute Gasteiger partial charge is 0.309 e. The zero-order chi connectivity index (χ0) is 29.4. The largest absolute Gasteiger partial charge is 0.543 e. The highest BCUT2D eigenvalue weighted by Gasteiger charge is 2.53. The quantitative estimate of drug-likeness (QED) is 0.0695. The van der Waals surface area contributed by atoms with Crippen molar-refractivity contribution in [2.45, 2.75) is 30.5 Å². The van der Waals surface area contributed by atoms with Crippen LogP contribution in [0, 0.1) is 0 Å². The molecule has 6 rings (SSSR count). The van der Waals surface area contributed by atoms with Gasteiger partial charge in [-0.2, -0.15) is 9.36 Å². The maximum Gasteiger partial charge on any atom is 0.309 e. The average molecular weight is 615 g/mol. The number of β-lactam (4-membered cyclic amide) rings is 1. The number of nitrogens with one attached hydrogen (secondary N) is 2. The molecule has 0 spiro atoms. The molecule has 3 aliphatic rings. The van der Waals surface area contributed by atoms with E-state index < -0.39 is 29.2 Å². The first-order valence-electron chi connectivity index (χ1n) is 12.5. The molecule has 3 aromatic rings. The molecule has 3 aromatic heterocycles. The van der Waals surface area contributed by atoms with Gasteiger partial charge in [-0.1, -0.05) is 14.8 Å². The van der Waals surface area contributed by atoms with E-state index in [4.69, 9.17) is 15.3 Å². The molecule has 3 atom stereocenters. The van der Waals surface area contributed by atoms with Gasteiger partial charge in [-0.05, 0) is 6.07 Å². The number of anilines is 2. The molecule has 0 aliphatic carbocycles. The summed E-state index contributed by atoms with van der Waals surface area (Å²) < 4.78 is 12.5. The molecule has 0 bridgehead atoms. The number of nitrogen functional groups attached to an aromatic ring is 1. The normalized spacial score (nSPS) is 22.1. The Labute approximate surface area is 244 Å². The van der Waals surface area contributed by atoms with Crippen molar-refractivity contribution >= 4 is 69.8 Å². The van der Waals surface area contributed by atoms with E-state index in [9.17, 15) is 24.3 Å². The molecule has 42 heavy (non-hydrogen) atoms. The second-order valence-electron chi connectivity index (χ2n) is 9.29. The lowest BCUT2D eigenvalue weighted by Crippen LogP contribution is -2.71. The number of hydrogen-bond donors (Lipinski definition) is 3. The first-order chi connectivity index (χ1) is 20.4. The van der Waals surface area contributed by atoms with Crippen LogP contribution in [0.4, 0.5) is 10.9 Å². The molecule has 2 fully saturated rings. The molecule has 2 saturated heterocycles. The maximum absolute atomic E-state index is 13.2. The van der Waals surface area contributed by atoms with Gasteiger partial charge in [0.15, 0.2) is 17.4 Å². The van der Waals surface area contributed by atoms with Crippen molar-refractivity contribution in [3.05, 3.63) is 41.6 Å². The first-order valence-corrected chi connectivity index (χ1v) is 14.3. The number of oxime groups is 1. The van der Waals surface area contributed by atoms with E-state index in [1.165, 1.54) is 22.5 Å². The number of thioether (sulfide) groups is 1. The van der Waals surface area contributed by atoms with Gasteiger partial charge >= 0.3 is 5.65 Å². The molecule has 3 aliphatic heterocycles. The van der Waals surface area contributed by atoms with Crippen LogP contribution in [-0.2, 0) is 35.3 Å². The molecule has 6 heterocycles. The summed E-state index contributed by atoms with van der Waals surface area (Å²) in [5.74, 6) is -2.42. The lowest BCUT2D eigenvalue weighted by Gasteiger charge is -2.50. The Bertz CT molecular complexity index is 1650. The van der Waals surface area contributed by atoms with Gasteiger partial charge in [0.1, 0.15) is 18.0 Å². The molecule has 3 amide bonds. The summed E-state index contributed by atoms with van der Waals surface area (Å²) in [6, 6.07) is 2.39. The van der Waals surface area contributed by atoms with Crippen LogP contribution < -0.4 is 26.0 Å². The van der Waals surface area contributed by atoms with Crippen molar-refractivity contribution in [1.29, 1.82) is 0 Å². The van der Waals surface area contributed by atoms with E-state index >= 15 is 0 Å². The summed E-state index contributed by atoms with van der Waals surface area (Å²) in [6.07, 6.45) is 3.88. The van der Waals surface area contributed by atoms with Gasteiger partial charge in [-0.15, -0.1) is 11.8 Å². The molecular formula is C23H22N10O7S2. The van der Waals surface area contributed by atoms with Crippen LogP contribution in [0.3, 0.4) is 0 Å². The Morgan fingerprint density at radius 1 is 1.40 bits per heavy atom. The molecule has 0 radical (unpaired) electrons. The predicted octanol–water partition coefficient (Wildman–Crippen LogP) is -2.76. The highest BCUT2D eigenvalue weighted by atomic mass is 32.2. The van der Waals surface area contributed by atoms with Crippen LogP contribution in [0.2, 0.25) is 0 Å². The van der Waals surface area contributed by atoms with E-state index in [2.05, 4.69) is 30.2 Å². The molecule has 0 saturated carbocycles. The van der Waals surface area contributed by atoms with E-state index in [1.54, 1.807) is 22.9 Å². The average Bonchev–Trinajstić information content (AvgIpc) is 3.73. The van der Waals surface area contributed by atoms with Gasteiger partial charge in [0.25, 0.3) is 17.6 Å². The number of ether oxygens (including phenoxy) is 1. The second kappa shape index (κ2) is 11.3. The summed E-state index contributed by atoms with van der Waals surface area (Å²) in [4.78, 5) is 60.4. The van der Waals surface area contributed by atoms with Crippen molar-refractivity contribution < 1.29 is 38.4 Å². The van der Waals surface area contributed by atoms with Gasteiger partial charge in [0.05, 0.1) is 31.1 Å². The molecular weight excluding hydrogens is 592 g/mol. The summed E-state index contributed by atoms with van der Waals surface area (Å²) >= 11 is 2.14. The number of nitrogens with zero attached hydrogens (tertiary/aromatic N) is 7. The number of carbonyl (C=O) groups is 4. The Kier molecular flexibility index (Phi) is 7.43. The van der Waals surface area contributed by atoms with E-state index in [-0.39, 0.29) is 40.8 Å². The van der Waals surface area contributed by atoms with E-state index in [0.29, 0.717) is 43.1 Å². The topological polar surface area (TPSA) is 222 Å². The summed E-state index contributed by atoms with van der Waals surface area (Å²) in [7, 11) is 0. The predicted molar refractivity (Wildman–Crippen MR) is 143 cm³/mol. The number of carbonyl (C=O) groups excluding carboxylic acids is 4. The molecule has 17 nitrogen and oxygen atoms in total. The monoisotopic (exact) mass is 614 g/mol. The van der Waals surface area contributed by atoms with Crippen LogP contribution in [0.25, 0.3) is 5.65 Å². The SMILES string of the molecule is Nc1nc(/C(=N/OC2CCOC2)C(=O)N[C@@H]2C(=O)N3C(C(=O)[O-])=C(C[n+]4cc(NC=O)n5ncccc54)CS[C@H]23)ns1. The molecule has 1 unspecified atom stereocenters. The number of carboxylic acids is 1. The minimum Gasteiger partial charge on any atom is -0.543 e. The van der Waals surface area contributed by atoms with Crippen molar-refractivity contribution in [2.75, 3.05) is 30.0 Å². The fraction of sp³-hybridized carbons (Fsp3) is 0.348. The number of fused-ring (bicyclic) bond motifs is 2. The van der Waals surface area contributed by atoms with Crippen LogP contribution in [0.1, 0.15) is 12.2 Å². The Morgan fingerprint density at radius 2 is 2.26 bits per heavy atom. The second-order valence-corrected chi connectivity index (χ2v) is 11.2. The standard InChI is InChI=1S/C23H22N10O7S2/c24-23-28-18(30-42-23)15(29-40-12-3-5-39-8-12)19(35)27-16-20(36)32-17(22(37)38)11(9-41-21(16)32)6-31-7-13(25-10-34)33-14(31)2-1-4-26-33/h1-2,4,7,10,12,16,21H,3,5-6,8-9H2,(H4-,24,25,26,27,28,30,34,35,37,38)/b29-15-/t12?,16-,21-/m1/s1. The van der Waals surface area contributed by atoms with Crippen molar-refractivity contribution in [3.8, 4) is 0 Å².